The van der Waals surface area contributed by atoms with Crippen molar-refractivity contribution in [3.63, 3.8) is 0 Å². The summed E-state index contributed by atoms with van der Waals surface area (Å²) in [6, 6.07) is 17.8. The van der Waals surface area contributed by atoms with Gasteiger partial charge in [0.1, 0.15) is 0 Å². The van der Waals surface area contributed by atoms with Gasteiger partial charge in [-0.3, -0.25) is 9.59 Å². The van der Waals surface area contributed by atoms with Crippen molar-refractivity contribution in [2.24, 2.45) is 0 Å². The Hall–Kier alpha value is -1.92. The molecule has 2 rings (SSSR count). The van der Waals surface area contributed by atoms with E-state index in [-0.39, 0.29) is 11.8 Å². The van der Waals surface area contributed by atoms with Crippen molar-refractivity contribution in [1.82, 2.24) is 5.32 Å². The fourth-order valence-corrected chi connectivity index (χ4v) is 3.61. The summed E-state index contributed by atoms with van der Waals surface area (Å²) in [4.78, 5) is 23.8. The highest BCUT2D eigenvalue weighted by Crippen LogP contribution is 2.20. The van der Waals surface area contributed by atoms with Crippen molar-refractivity contribution < 1.29 is 9.59 Å². The van der Waals surface area contributed by atoms with E-state index < -0.39 is 0 Å². The Labute approximate surface area is 157 Å². The molecule has 2 N–H and O–H groups in total. The first-order valence-electron chi connectivity index (χ1n) is 8.02. The van der Waals surface area contributed by atoms with Crippen molar-refractivity contribution in [1.29, 1.82) is 0 Å². The lowest BCUT2D eigenvalue weighted by Gasteiger charge is -2.06. The third-order valence-electron chi connectivity index (χ3n) is 3.22. The van der Waals surface area contributed by atoms with Crippen molar-refractivity contribution in [2.75, 3.05) is 23.4 Å². The maximum Gasteiger partial charge on any atom is 0.230 e. The van der Waals surface area contributed by atoms with Crippen LogP contribution >= 0.6 is 23.5 Å². The highest BCUT2D eigenvalue weighted by atomic mass is 32.2. The summed E-state index contributed by atoms with van der Waals surface area (Å²) >= 11 is 3.30. The van der Waals surface area contributed by atoms with Crippen LogP contribution in [0.1, 0.15) is 12.5 Å². The lowest BCUT2D eigenvalue weighted by Crippen LogP contribution is -2.27. The number of thioether (sulfide) groups is 2. The van der Waals surface area contributed by atoms with E-state index >= 15 is 0 Å². The van der Waals surface area contributed by atoms with Gasteiger partial charge in [0.2, 0.25) is 11.8 Å². The molecule has 0 aliphatic carbocycles. The number of nitrogens with one attached hydrogen (secondary N) is 2. The number of amides is 2. The molecule has 0 bridgehead atoms. The average molecular weight is 375 g/mol. The first-order valence-corrected chi connectivity index (χ1v) is 10.2. The van der Waals surface area contributed by atoms with Crippen LogP contribution in [0.15, 0.2) is 59.5 Å². The zero-order valence-corrected chi connectivity index (χ0v) is 15.8. The van der Waals surface area contributed by atoms with Gasteiger partial charge in [0.05, 0.1) is 5.75 Å². The molecule has 2 amide bonds. The second-order valence-corrected chi connectivity index (χ2v) is 7.54. The Morgan fingerprint density at radius 3 is 2.40 bits per heavy atom. The minimum atomic E-state index is -0.0927. The molecule has 0 aliphatic rings. The number of carbonyl (C=O) groups excluding carboxylic acids is 2. The zero-order valence-electron chi connectivity index (χ0n) is 14.2. The van der Waals surface area contributed by atoms with Crippen LogP contribution < -0.4 is 10.6 Å². The molecule has 0 spiro atoms. The molecule has 0 heterocycles. The van der Waals surface area contributed by atoms with Gasteiger partial charge in [0, 0.05) is 35.6 Å². The van der Waals surface area contributed by atoms with Crippen LogP contribution in [0.5, 0.6) is 0 Å². The van der Waals surface area contributed by atoms with Crippen LogP contribution in [0.4, 0.5) is 5.69 Å². The SMILES string of the molecule is CC(=O)Nc1ccc(SCC(=O)NCCSCc2ccccc2)cc1. The smallest absolute Gasteiger partial charge is 0.230 e. The Morgan fingerprint density at radius 1 is 1.00 bits per heavy atom. The van der Waals surface area contributed by atoms with E-state index in [9.17, 15) is 9.59 Å². The predicted molar refractivity (Wildman–Crippen MR) is 107 cm³/mol. The number of benzene rings is 2. The number of rotatable bonds is 9. The van der Waals surface area contributed by atoms with Gasteiger partial charge in [0.25, 0.3) is 0 Å². The number of carbonyl (C=O) groups is 2. The zero-order chi connectivity index (χ0) is 17.9. The summed E-state index contributed by atoms with van der Waals surface area (Å²) in [5, 5.41) is 5.66. The first kappa shape index (κ1) is 19.4. The van der Waals surface area contributed by atoms with E-state index in [1.807, 2.05) is 54.2 Å². The fourth-order valence-electron chi connectivity index (χ4n) is 2.06. The largest absolute Gasteiger partial charge is 0.355 e. The molecule has 0 radical (unpaired) electrons. The quantitative estimate of drug-likeness (QED) is 0.518. The van der Waals surface area contributed by atoms with Gasteiger partial charge >= 0.3 is 0 Å². The molecule has 6 heteroatoms. The lowest BCUT2D eigenvalue weighted by atomic mass is 10.2. The Balaban J connectivity index is 1.58. The molecule has 0 saturated carbocycles. The Bertz CT molecular complexity index is 676. The van der Waals surface area contributed by atoms with E-state index in [0.717, 1.165) is 22.1 Å². The van der Waals surface area contributed by atoms with Gasteiger partial charge in [-0.25, -0.2) is 0 Å². The molecule has 2 aromatic rings. The van der Waals surface area contributed by atoms with Crippen molar-refractivity contribution in [2.45, 2.75) is 17.6 Å². The van der Waals surface area contributed by atoms with Crippen molar-refractivity contribution in [3.05, 3.63) is 60.2 Å². The molecule has 0 atom stereocenters. The summed E-state index contributed by atoms with van der Waals surface area (Å²) in [6.45, 7) is 2.16. The molecule has 132 valence electrons. The van der Waals surface area contributed by atoms with Gasteiger partial charge in [-0.1, -0.05) is 30.3 Å². The first-order chi connectivity index (χ1) is 12.1. The van der Waals surface area contributed by atoms with Gasteiger partial charge in [-0.15, -0.1) is 11.8 Å². The summed E-state index contributed by atoms with van der Waals surface area (Å²) < 4.78 is 0. The second-order valence-electron chi connectivity index (χ2n) is 5.38. The van der Waals surface area contributed by atoms with Crippen LogP contribution in [-0.4, -0.2) is 29.9 Å². The van der Waals surface area contributed by atoms with E-state index in [2.05, 4.69) is 22.8 Å². The molecule has 25 heavy (non-hydrogen) atoms. The Kier molecular flexibility index (Phi) is 8.42. The van der Waals surface area contributed by atoms with Crippen LogP contribution in [0, 0.1) is 0 Å². The van der Waals surface area contributed by atoms with E-state index in [1.54, 1.807) is 0 Å². The highest BCUT2D eigenvalue weighted by Gasteiger charge is 2.03. The molecule has 2 aromatic carbocycles. The molecule has 0 saturated heterocycles. The molecule has 4 nitrogen and oxygen atoms in total. The fraction of sp³-hybridized carbons (Fsp3) is 0.263. The van der Waals surface area contributed by atoms with E-state index in [4.69, 9.17) is 0 Å². The van der Waals surface area contributed by atoms with Crippen LogP contribution in [0.3, 0.4) is 0 Å². The topological polar surface area (TPSA) is 58.2 Å². The number of hydrogen-bond donors (Lipinski definition) is 2. The summed E-state index contributed by atoms with van der Waals surface area (Å²) in [5.74, 6) is 2.20. The molecule has 0 aromatic heterocycles. The average Bonchev–Trinajstić information content (AvgIpc) is 2.61. The number of anilines is 1. The monoisotopic (exact) mass is 374 g/mol. The minimum Gasteiger partial charge on any atom is -0.355 e. The van der Waals surface area contributed by atoms with Gasteiger partial charge < -0.3 is 10.6 Å². The number of hydrogen-bond acceptors (Lipinski definition) is 4. The second kappa shape index (κ2) is 10.8. The standard InChI is InChI=1S/C19H22N2O2S2/c1-15(22)21-17-7-9-18(10-8-17)25-14-19(23)20-11-12-24-13-16-5-3-2-4-6-16/h2-10H,11-14H2,1H3,(H,20,23)(H,21,22). The van der Waals surface area contributed by atoms with Gasteiger partial charge in [-0.05, 0) is 29.8 Å². The highest BCUT2D eigenvalue weighted by molar-refractivity contribution is 8.00. The van der Waals surface area contributed by atoms with Crippen LogP contribution in [0.25, 0.3) is 0 Å². The van der Waals surface area contributed by atoms with E-state index in [1.165, 1.54) is 24.2 Å². The Morgan fingerprint density at radius 2 is 1.72 bits per heavy atom. The molecule has 0 aliphatic heterocycles. The summed E-state index contributed by atoms with van der Waals surface area (Å²) in [5.41, 5.74) is 2.06. The van der Waals surface area contributed by atoms with E-state index in [0.29, 0.717) is 12.3 Å². The molecular formula is C19H22N2O2S2. The van der Waals surface area contributed by atoms with Crippen molar-refractivity contribution in [3.8, 4) is 0 Å². The third-order valence-corrected chi connectivity index (χ3v) is 5.27. The van der Waals surface area contributed by atoms with Gasteiger partial charge in [-0.2, -0.15) is 11.8 Å². The lowest BCUT2D eigenvalue weighted by molar-refractivity contribution is -0.118. The summed E-state index contributed by atoms with van der Waals surface area (Å²) in [6.07, 6.45) is 0. The van der Waals surface area contributed by atoms with Crippen LogP contribution in [0.2, 0.25) is 0 Å². The predicted octanol–water partition coefficient (Wildman–Crippen LogP) is 3.79. The maximum absolute atomic E-state index is 11.9. The molecular weight excluding hydrogens is 352 g/mol. The molecule has 0 fully saturated rings. The summed E-state index contributed by atoms with van der Waals surface area (Å²) in [7, 11) is 0. The van der Waals surface area contributed by atoms with Crippen molar-refractivity contribution >= 4 is 41.0 Å². The molecule has 0 unspecified atom stereocenters. The minimum absolute atomic E-state index is 0.0382. The van der Waals surface area contributed by atoms with Gasteiger partial charge in [0.15, 0.2) is 0 Å². The van der Waals surface area contributed by atoms with Crippen LogP contribution in [-0.2, 0) is 15.3 Å². The maximum atomic E-state index is 11.9. The third kappa shape index (κ3) is 8.14. The normalized spacial score (nSPS) is 10.3.